The summed E-state index contributed by atoms with van der Waals surface area (Å²) in [5, 5.41) is 8.41. The summed E-state index contributed by atoms with van der Waals surface area (Å²) < 4.78 is 0. The summed E-state index contributed by atoms with van der Waals surface area (Å²) in [5.41, 5.74) is 2.02. The molecule has 1 aliphatic rings. The van der Waals surface area contributed by atoms with Gasteiger partial charge in [0, 0.05) is 23.0 Å². The van der Waals surface area contributed by atoms with E-state index in [0.29, 0.717) is 12.5 Å². The lowest BCUT2D eigenvalue weighted by Crippen LogP contribution is -2.27. The van der Waals surface area contributed by atoms with Gasteiger partial charge in [0.05, 0.1) is 0 Å². The number of carbonyl (C=O) groups is 1. The van der Waals surface area contributed by atoms with Crippen LogP contribution in [0.2, 0.25) is 0 Å². The molecule has 2 aromatic rings. The molecule has 1 aromatic heterocycles. The van der Waals surface area contributed by atoms with E-state index in [2.05, 4.69) is 28.1 Å². The summed E-state index contributed by atoms with van der Waals surface area (Å²) in [7, 11) is 0. The maximum atomic E-state index is 12.0. The average Bonchev–Trinajstić information content (AvgIpc) is 3.11. The Hall–Kier alpha value is -1.65. The molecule has 1 amide bonds. The van der Waals surface area contributed by atoms with Crippen LogP contribution in [0.1, 0.15) is 19.3 Å². The Morgan fingerprint density at radius 1 is 1.35 bits per heavy atom. The van der Waals surface area contributed by atoms with Crippen LogP contribution < -0.4 is 10.6 Å². The SMILES string of the molecule is O=C(CC1CCCN1)Nc1cccc(-c2cccs2)c1. The molecule has 2 heterocycles. The fourth-order valence-electron chi connectivity index (χ4n) is 2.56. The summed E-state index contributed by atoms with van der Waals surface area (Å²) in [4.78, 5) is 13.2. The van der Waals surface area contributed by atoms with E-state index in [4.69, 9.17) is 0 Å². The van der Waals surface area contributed by atoms with Crippen LogP contribution in [0.5, 0.6) is 0 Å². The molecule has 3 nitrogen and oxygen atoms in total. The molecule has 1 fully saturated rings. The highest BCUT2D eigenvalue weighted by atomic mass is 32.1. The third kappa shape index (κ3) is 3.26. The normalized spacial score (nSPS) is 18.1. The Labute approximate surface area is 123 Å². The van der Waals surface area contributed by atoms with Crippen molar-refractivity contribution in [3.05, 3.63) is 41.8 Å². The smallest absolute Gasteiger partial charge is 0.225 e. The van der Waals surface area contributed by atoms with Crippen molar-refractivity contribution in [1.82, 2.24) is 5.32 Å². The summed E-state index contributed by atoms with van der Waals surface area (Å²) in [5.74, 6) is 0.0905. The second-order valence-electron chi connectivity index (χ2n) is 5.10. The van der Waals surface area contributed by atoms with E-state index in [1.807, 2.05) is 24.3 Å². The quantitative estimate of drug-likeness (QED) is 0.903. The lowest BCUT2D eigenvalue weighted by atomic mass is 10.1. The highest BCUT2D eigenvalue weighted by Crippen LogP contribution is 2.26. The van der Waals surface area contributed by atoms with Crippen LogP contribution in [0.15, 0.2) is 41.8 Å². The van der Waals surface area contributed by atoms with Crippen LogP contribution in [0.4, 0.5) is 5.69 Å². The van der Waals surface area contributed by atoms with Gasteiger partial charge in [0.15, 0.2) is 0 Å². The Bertz CT molecular complexity index is 574. The monoisotopic (exact) mass is 286 g/mol. The summed E-state index contributed by atoms with van der Waals surface area (Å²) in [6.07, 6.45) is 2.83. The van der Waals surface area contributed by atoms with E-state index in [-0.39, 0.29) is 5.91 Å². The second kappa shape index (κ2) is 6.20. The van der Waals surface area contributed by atoms with Crippen molar-refractivity contribution < 1.29 is 4.79 Å². The third-order valence-electron chi connectivity index (χ3n) is 3.55. The van der Waals surface area contributed by atoms with Crippen molar-refractivity contribution >= 4 is 22.9 Å². The van der Waals surface area contributed by atoms with E-state index >= 15 is 0 Å². The van der Waals surface area contributed by atoms with Gasteiger partial charge in [-0.1, -0.05) is 18.2 Å². The number of benzene rings is 1. The molecule has 0 saturated carbocycles. The molecule has 0 aliphatic carbocycles. The van der Waals surface area contributed by atoms with Gasteiger partial charge in [0.25, 0.3) is 0 Å². The minimum atomic E-state index is 0.0905. The van der Waals surface area contributed by atoms with Crippen LogP contribution in [-0.2, 0) is 4.79 Å². The lowest BCUT2D eigenvalue weighted by molar-refractivity contribution is -0.116. The first-order chi connectivity index (χ1) is 9.81. The molecule has 1 aliphatic heterocycles. The van der Waals surface area contributed by atoms with E-state index in [0.717, 1.165) is 24.2 Å². The number of anilines is 1. The summed E-state index contributed by atoms with van der Waals surface area (Å²) >= 11 is 1.71. The second-order valence-corrected chi connectivity index (χ2v) is 6.05. The standard InChI is InChI=1S/C16H18N2OS/c19-16(11-13-6-2-8-17-13)18-14-5-1-4-12(10-14)15-7-3-9-20-15/h1,3-5,7,9-10,13,17H,2,6,8,11H2,(H,18,19). The molecule has 1 saturated heterocycles. The van der Waals surface area contributed by atoms with Gasteiger partial charge in [-0.15, -0.1) is 11.3 Å². The lowest BCUT2D eigenvalue weighted by Gasteiger charge is -2.11. The van der Waals surface area contributed by atoms with Crippen molar-refractivity contribution in [2.45, 2.75) is 25.3 Å². The molecular formula is C16H18N2OS. The van der Waals surface area contributed by atoms with E-state index in [1.54, 1.807) is 11.3 Å². The van der Waals surface area contributed by atoms with E-state index < -0.39 is 0 Å². The number of nitrogens with one attached hydrogen (secondary N) is 2. The highest BCUT2D eigenvalue weighted by molar-refractivity contribution is 7.13. The Kier molecular flexibility index (Phi) is 4.14. The number of hydrogen-bond donors (Lipinski definition) is 2. The van der Waals surface area contributed by atoms with Crippen LogP contribution in [0.3, 0.4) is 0 Å². The van der Waals surface area contributed by atoms with Crippen molar-refractivity contribution in [1.29, 1.82) is 0 Å². The molecule has 0 radical (unpaired) electrons. The molecule has 20 heavy (non-hydrogen) atoms. The zero-order valence-corrected chi connectivity index (χ0v) is 12.1. The van der Waals surface area contributed by atoms with Gasteiger partial charge in [-0.2, -0.15) is 0 Å². The van der Waals surface area contributed by atoms with Crippen LogP contribution >= 0.6 is 11.3 Å². The van der Waals surface area contributed by atoms with Crippen LogP contribution in [0.25, 0.3) is 10.4 Å². The predicted octanol–water partition coefficient (Wildman–Crippen LogP) is 3.50. The van der Waals surface area contributed by atoms with Gasteiger partial charge in [0.1, 0.15) is 0 Å². The fraction of sp³-hybridized carbons (Fsp3) is 0.312. The van der Waals surface area contributed by atoms with Gasteiger partial charge in [-0.05, 0) is 48.5 Å². The first kappa shape index (κ1) is 13.3. The Balaban J connectivity index is 1.65. The Morgan fingerprint density at radius 2 is 2.30 bits per heavy atom. The number of rotatable bonds is 4. The first-order valence-electron chi connectivity index (χ1n) is 6.98. The van der Waals surface area contributed by atoms with Crippen molar-refractivity contribution in [2.75, 3.05) is 11.9 Å². The minimum absolute atomic E-state index is 0.0905. The number of carbonyl (C=O) groups excluding carboxylic acids is 1. The molecule has 4 heteroatoms. The van der Waals surface area contributed by atoms with Crippen LogP contribution in [-0.4, -0.2) is 18.5 Å². The van der Waals surface area contributed by atoms with E-state index in [9.17, 15) is 4.79 Å². The molecular weight excluding hydrogens is 268 g/mol. The zero-order chi connectivity index (χ0) is 13.8. The summed E-state index contributed by atoms with van der Waals surface area (Å²) in [6.45, 7) is 1.03. The van der Waals surface area contributed by atoms with Gasteiger partial charge in [-0.3, -0.25) is 4.79 Å². The van der Waals surface area contributed by atoms with Crippen molar-refractivity contribution in [3.63, 3.8) is 0 Å². The number of thiophene rings is 1. The molecule has 2 N–H and O–H groups in total. The first-order valence-corrected chi connectivity index (χ1v) is 7.86. The van der Waals surface area contributed by atoms with E-state index in [1.165, 1.54) is 11.3 Å². The Morgan fingerprint density at radius 3 is 3.05 bits per heavy atom. The highest BCUT2D eigenvalue weighted by Gasteiger charge is 2.17. The number of amides is 1. The molecule has 1 aromatic carbocycles. The molecule has 0 bridgehead atoms. The van der Waals surface area contributed by atoms with Crippen molar-refractivity contribution in [2.24, 2.45) is 0 Å². The molecule has 1 unspecified atom stereocenters. The zero-order valence-electron chi connectivity index (χ0n) is 11.3. The predicted molar refractivity (Wildman–Crippen MR) is 84.0 cm³/mol. The van der Waals surface area contributed by atoms with Gasteiger partial charge >= 0.3 is 0 Å². The molecule has 0 spiro atoms. The average molecular weight is 286 g/mol. The molecule has 1 atom stereocenters. The fourth-order valence-corrected chi connectivity index (χ4v) is 3.28. The van der Waals surface area contributed by atoms with Gasteiger partial charge < -0.3 is 10.6 Å². The largest absolute Gasteiger partial charge is 0.326 e. The van der Waals surface area contributed by atoms with Gasteiger partial charge in [0.2, 0.25) is 5.91 Å². The molecule has 104 valence electrons. The maximum Gasteiger partial charge on any atom is 0.225 e. The third-order valence-corrected chi connectivity index (χ3v) is 4.47. The number of hydrogen-bond acceptors (Lipinski definition) is 3. The van der Waals surface area contributed by atoms with Crippen LogP contribution in [0, 0.1) is 0 Å². The minimum Gasteiger partial charge on any atom is -0.326 e. The van der Waals surface area contributed by atoms with Gasteiger partial charge in [-0.25, -0.2) is 0 Å². The topological polar surface area (TPSA) is 41.1 Å². The molecule has 3 rings (SSSR count). The van der Waals surface area contributed by atoms with Crippen molar-refractivity contribution in [3.8, 4) is 10.4 Å². The summed E-state index contributed by atoms with van der Waals surface area (Å²) in [6, 6.07) is 12.5. The maximum absolute atomic E-state index is 12.0.